The quantitative estimate of drug-likeness (QED) is 0.449. The second-order valence-corrected chi connectivity index (χ2v) is 4.24. The van der Waals surface area contributed by atoms with Crippen LogP contribution < -0.4 is 0 Å². The lowest BCUT2D eigenvalue weighted by atomic mass is 10.2. The van der Waals surface area contributed by atoms with Crippen LogP contribution in [0.2, 0.25) is 0 Å². The summed E-state index contributed by atoms with van der Waals surface area (Å²) in [5.41, 5.74) is 0. The van der Waals surface area contributed by atoms with Crippen LogP contribution in [0, 0.1) is 0 Å². The molecule has 0 radical (unpaired) electrons. The molecule has 0 unspecified atom stereocenters. The summed E-state index contributed by atoms with van der Waals surface area (Å²) >= 11 is 0. The van der Waals surface area contributed by atoms with Gasteiger partial charge in [0.05, 0.1) is 26.2 Å². The standard InChI is InChI=1S/C12H28N.Al.H2O.3H/c1-5-9-13(10-6-2,11-7-3)12-8-4;;;;;/h5-12H2,1-4H3;;1H2;;;/q+1;;;;;. The van der Waals surface area contributed by atoms with E-state index in [1.54, 1.807) is 0 Å². The maximum atomic E-state index is 2.31. The van der Waals surface area contributed by atoms with Crippen LogP contribution >= 0.6 is 0 Å². The summed E-state index contributed by atoms with van der Waals surface area (Å²) in [7, 11) is 0. The van der Waals surface area contributed by atoms with Crippen LogP contribution in [0.3, 0.4) is 0 Å². The summed E-state index contributed by atoms with van der Waals surface area (Å²) in [4.78, 5) is 0. The Morgan fingerprint density at radius 3 is 0.933 bits per heavy atom. The van der Waals surface area contributed by atoms with Crippen molar-refractivity contribution in [1.29, 1.82) is 0 Å². The molecule has 0 aliphatic carbocycles. The largest absolute Gasteiger partial charge is 0.412 e. The van der Waals surface area contributed by atoms with Crippen molar-refractivity contribution in [1.82, 2.24) is 0 Å². The molecule has 0 spiro atoms. The minimum absolute atomic E-state index is 0. The first kappa shape index (κ1) is 20.8. The van der Waals surface area contributed by atoms with Crippen LogP contribution in [0.4, 0.5) is 0 Å². The highest BCUT2D eigenvalue weighted by atomic mass is 27.0. The fourth-order valence-corrected chi connectivity index (χ4v) is 2.57. The van der Waals surface area contributed by atoms with E-state index in [2.05, 4.69) is 27.7 Å². The minimum atomic E-state index is 0. The first-order valence-electron chi connectivity index (χ1n) is 6.09. The van der Waals surface area contributed by atoms with Crippen LogP contribution in [-0.4, -0.2) is 53.5 Å². The van der Waals surface area contributed by atoms with Crippen molar-refractivity contribution in [3.8, 4) is 0 Å². The Kier molecular flexibility index (Phi) is 17.4. The molecule has 2 nitrogen and oxygen atoms in total. The molecule has 0 atom stereocenters. The van der Waals surface area contributed by atoms with E-state index in [-0.39, 0.29) is 22.8 Å². The second kappa shape index (κ2) is 12.5. The van der Waals surface area contributed by atoms with Gasteiger partial charge in [-0.25, -0.2) is 0 Å². The number of rotatable bonds is 8. The van der Waals surface area contributed by atoms with Crippen molar-refractivity contribution >= 4 is 17.4 Å². The Labute approximate surface area is 107 Å². The molecule has 0 bridgehead atoms. The molecule has 0 aromatic rings. The SMILES string of the molecule is CCC[N+](CCC)(CCC)CCC.O.[AlH3]. The molecule has 15 heavy (non-hydrogen) atoms. The van der Waals surface area contributed by atoms with Gasteiger partial charge < -0.3 is 9.96 Å². The van der Waals surface area contributed by atoms with E-state index in [0.29, 0.717) is 0 Å². The van der Waals surface area contributed by atoms with Gasteiger partial charge in [0.1, 0.15) is 0 Å². The maximum Gasteiger partial charge on any atom is 0.187 e. The van der Waals surface area contributed by atoms with Gasteiger partial charge in [0.2, 0.25) is 0 Å². The third-order valence-electron chi connectivity index (χ3n) is 2.79. The molecule has 0 aromatic carbocycles. The van der Waals surface area contributed by atoms with Gasteiger partial charge in [-0.3, -0.25) is 0 Å². The van der Waals surface area contributed by atoms with E-state index in [1.807, 2.05) is 0 Å². The molecule has 0 fully saturated rings. The maximum absolute atomic E-state index is 2.31. The lowest BCUT2D eigenvalue weighted by Crippen LogP contribution is -2.50. The number of nitrogens with zero attached hydrogens (tertiary/aromatic N) is 1. The molecule has 0 amide bonds. The molecule has 0 saturated heterocycles. The zero-order chi connectivity index (χ0) is 10.2. The molecular weight excluding hydrogens is 201 g/mol. The van der Waals surface area contributed by atoms with E-state index >= 15 is 0 Å². The van der Waals surface area contributed by atoms with Gasteiger partial charge in [-0.15, -0.1) is 0 Å². The predicted octanol–water partition coefficient (Wildman–Crippen LogP) is 1.43. The fourth-order valence-electron chi connectivity index (χ4n) is 2.57. The van der Waals surface area contributed by atoms with Crippen molar-refractivity contribution in [2.24, 2.45) is 0 Å². The summed E-state index contributed by atoms with van der Waals surface area (Å²) in [5.74, 6) is 0. The highest BCUT2D eigenvalue weighted by Gasteiger charge is 2.22. The average molecular weight is 234 g/mol. The van der Waals surface area contributed by atoms with Gasteiger partial charge in [-0.2, -0.15) is 0 Å². The van der Waals surface area contributed by atoms with Crippen molar-refractivity contribution in [2.45, 2.75) is 53.4 Å². The Morgan fingerprint density at radius 2 is 0.800 bits per heavy atom. The second-order valence-electron chi connectivity index (χ2n) is 4.24. The monoisotopic (exact) mass is 234 g/mol. The van der Waals surface area contributed by atoms with Crippen LogP contribution in [0.25, 0.3) is 0 Å². The van der Waals surface area contributed by atoms with E-state index < -0.39 is 0 Å². The van der Waals surface area contributed by atoms with E-state index in [1.165, 1.54) is 56.3 Å². The Balaban J connectivity index is -0.000000720. The Hall–Kier alpha value is 0.452. The molecule has 0 saturated carbocycles. The highest BCUT2D eigenvalue weighted by Crippen LogP contribution is 2.12. The molecule has 3 heteroatoms. The van der Waals surface area contributed by atoms with Crippen molar-refractivity contribution in [3.63, 3.8) is 0 Å². The summed E-state index contributed by atoms with van der Waals surface area (Å²) < 4.78 is 1.38. The van der Waals surface area contributed by atoms with E-state index in [0.717, 1.165) is 0 Å². The van der Waals surface area contributed by atoms with Gasteiger partial charge in [-0.1, -0.05) is 27.7 Å². The number of quaternary nitrogens is 1. The van der Waals surface area contributed by atoms with E-state index in [4.69, 9.17) is 0 Å². The van der Waals surface area contributed by atoms with Gasteiger partial charge in [0.25, 0.3) is 0 Å². The third kappa shape index (κ3) is 8.28. The van der Waals surface area contributed by atoms with Gasteiger partial charge >= 0.3 is 0 Å². The van der Waals surface area contributed by atoms with E-state index in [9.17, 15) is 0 Å². The lowest BCUT2D eigenvalue weighted by Gasteiger charge is -2.38. The summed E-state index contributed by atoms with van der Waals surface area (Å²) in [6, 6.07) is 0. The Morgan fingerprint density at radius 1 is 0.600 bits per heavy atom. The summed E-state index contributed by atoms with van der Waals surface area (Å²) in [6.45, 7) is 14.8. The topological polar surface area (TPSA) is 31.5 Å². The molecule has 2 N–H and O–H groups in total. The third-order valence-corrected chi connectivity index (χ3v) is 2.79. The normalized spacial score (nSPS) is 10.4. The zero-order valence-corrected chi connectivity index (χ0v) is 10.6. The predicted molar refractivity (Wildman–Crippen MR) is 74.4 cm³/mol. The molecular formula is C12H33AlNO+. The van der Waals surface area contributed by atoms with Gasteiger partial charge in [0.15, 0.2) is 17.4 Å². The lowest BCUT2D eigenvalue weighted by molar-refractivity contribution is -0.928. The van der Waals surface area contributed by atoms with Crippen LogP contribution in [0.1, 0.15) is 53.4 Å². The van der Waals surface area contributed by atoms with Crippen LogP contribution in [0.5, 0.6) is 0 Å². The van der Waals surface area contributed by atoms with Crippen molar-refractivity contribution in [3.05, 3.63) is 0 Å². The Bertz CT molecular complexity index is 90.7. The van der Waals surface area contributed by atoms with Crippen molar-refractivity contribution < 1.29 is 9.96 Å². The zero-order valence-electron chi connectivity index (χ0n) is 10.6. The van der Waals surface area contributed by atoms with Crippen LogP contribution in [-0.2, 0) is 0 Å². The van der Waals surface area contributed by atoms with Gasteiger partial charge in [-0.05, 0) is 25.7 Å². The molecule has 94 valence electrons. The number of hydrogen-bond donors (Lipinski definition) is 0. The minimum Gasteiger partial charge on any atom is -0.412 e. The van der Waals surface area contributed by atoms with Gasteiger partial charge in [0, 0.05) is 0 Å². The molecule has 0 aliphatic heterocycles. The fraction of sp³-hybridized carbons (Fsp3) is 1.00. The van der Waals surface area contributed by atoms with Crippen molar-refractivity contribution in [2.75, 3.05) is 26.2 Å². The first-order chi connectivity index (χ1) is 6.24. The highest BCUT2D eigenvalue weighted by molar-refractivity contribution is 5.75. The van der Waals surface area contributed by atoms with Crippen LogP contribution in [0.15, 0.2) is 0 Å². The average Bonchev–Trinajstić information content (AvgIpc) is 2.06. The first-order valence-corrected chi connectivity index (χ1v) is 6.09. The summed E-state index contributed by atoms with van der Waals surface area (Å²) in [6.07, 6.45) is 5.33. The molecule has 0 aromatic heterocycles. The summed E-state index contributed by atoms with van der Waals surface area (Å²) in [5, 5.41) is 0. The molecule has 0 rings (SSSR count). The molecule has 0 heterocycles. The smallest absolute Gasteiger partial charge is 0.187 e. The molecule has 0 aliphatic rings. The number of hydrogen-bond acceptors (Lipinski definition) is 0.